The highest BCUT2D eigenvalue weighted by molar-refractivity contribution is 5.88. The Kier molecular flexibility index (Phi) is 5.62. The molecule has 0 bridgehead atoms. The molecule has 0 radical (unpaired) electrons. The topological polar surface area (TPSA) is 107 Å². The first-order valence-electron chi connectivity index (χ1n) is 9.32. The second-order valence-corrected chi connectivity index (χ2v) is 6.54. The number of rotatable bonds is 7. The van der Waals surface area contributed by atoms with Crippen molar-refractivity contribution in [3.05, 3.63) is 59.9 Å². The fourth-order valence-electron chi connectivity index (χ4n) is 3.04. The van der Waals surface area contributed by atoms with E-state index < -0.39 is 0 Å². The van der Waals surface area contributed by atoms with Crippen molar-refractivity contribution in [2.45, 2.75) is 31.9 Å². The molecule has 0 saturated carbocycles. The average Bonchev–Trinajstić information content (AvgIpc) is 3.45. The molecular formula is C19H22N6O3. The molecule has 1 aromatic carbocycles. The number of amides is 2. The monoisotopic (exact) mass is 382 g/mol. The lowest BCUT2D eigenvalue weighted by atomic mass is 10.2. The third-order valence-electron chi connectivity index (χ3n) is 4.46. The van der Waals surface area contributed by atoms with Crippen LogP contribution in [0.1, 0.15) is 36.2 Å². The minimum Gasteiger partial charge on any atom is -0.368 e. The maximum absolute atomic E-state index is 12.2. The minimum atomic E-state index is -0.308. The zero-order valence-electron chi connectivity index (χ0n) is 15.4. The third kappa shape index (κ3) is 4.55. The summed E-state index contributed by atoms with van der Waals surface area (Å²) in [5, 5.41) is 13.8. The van der Waals surface area contributed by atoms with Gasteiger partial charge in [-0.1, -0.05) is 35.5 Å². The quantitative estimate of drug-likeness (QED) is 0.650. The van der Waals surface area contributed by atoms with Crippen LogP contribution < -0.4 is 10.6 Å². The molecule has 0 spiro atoms. The molecule has 146 valence electrons. The van der Waals surface area contributed by atoms with E-state index >= 15 is 0 Å². The van der Waals surface area contributed by atoms with Crippen LogP contribution in [0.5, 0.6) is 0 Å². The molecule has 1 fully saturated rings. The van der Waals surface area contributed by atoms with Gasteiger partial charge in [-0.3, -0.25) is 5.32 Å². The predicted octanol–water partition coefficient (Wildman–Crippen LogP) is 2.53. The van der Waals surface area contributed by atoms with Gasteiger partial charge in [-0.25, -0.2) is 9.48 Å². The van der Waals surface area contributed by atoms with Crippen LogP contribution in [-0.2, 0) is 17.7 Å². The van der Waals surface area contributed by atoms with Crippen LogP contribution >= 0.6 is 0 Å². The number of carbonyl (C=O) groups excluding carboxylic acids is 1. The van der Waals surface area contributed by atoms with Crippen LogP contribution in [0.2, 0.25) is 0 Å². The number of hydrogen-bond donors (Lipinski definition) is 2. The van der Waals surface area contributed by atoms with E-state index in [1.165, 1.54) is 0 Å². The highest BCUT2D eigenvalue weighted by Crippen LogP contribution is 2.26. The van der Waals surface area contributed by atoms with E-state index in [0.717, 1.165) is 25.0 Å². The molecule has 1 atom stereocenters. The summed E-state index contributed by atoms with van der Waals surface area (Å²) in [4.78, 5) is 16.5. The molecule has 2 amide bonds. The highest BCUT2D eigenvalue weighted by Gasteiger charge is 2.23. The maximum atomic E-state index is 12.2. The molecule has 1 saturated heterocycles. The van der Waals surface area contributed by atoms with Gasteiger partial charge in [-0.05, 0) is 18.4 Å². The van der Waals surface area contributed by atoms with Crippen molar-refractivity contribution in [2.24, 2.45) is 0 Å². The van der Waals surface area contributed by atoms with Crippen LogP contribution in [0.4, 0.5) is 10.6 Å². The zero-order chi connectivity index (χ0) is 19.2. The lowest BCUT2D eigenvalue weighted by Crippen LogP contribution is -2.31. The molecule has 1 aliphatic heterocycles. The first-order valence-corrected chi connectivity index (χ1v) is 9.32. The smallest absolute Gasteiger partial charge is 0.320 e. The van der Waals surface area contributed by atoms with E-state index in [2.05, 4.69) is 25.9 Å². The van der Waals surface area contributed by atoms with Crippen molar-refractivity contribution in [3.8, 4) is 0 Å². The SMILES string of the molecule is O=C(NCCc1noc([C@H]2CCCO2)n1)Nc1ccnn1Cc1ccccc1. The van der Waals surface area contributed by atoms with E-state index in [9.17, 15) is 4.79 Å². The summed E-state index contributed by atoms with van der Waals surface area (Å²) < 4.78 is 12.5. The number of ether oxygens (including phenoxy) is 1. The van der Waals surface area contributed by atoms with Gasteiger partial charge in [0.15, 0.2) is 5.82 Å². The van der Waals surface area contributed by atoms with Gasteiger partial charge in [0, 0.05) is 25.6 Å². The Hall–Kier alpha value is -3.20. The molecular weight excluding hydrogens is 360 g/mol. The highest BCUT2D eigenvalue weighted by atomic mass is 16.5. The Bertz CT molecular complexity index is 901. The van der Waals surface area contributed by atoms with Crippen LogP contribution in [0, 0.1) is 0 Å². The number of benzene rings is 1. The number of nitrogens with zero attached hydrogens (tertiary/aromatic N) is 4. The molecule has 2 aromatic heterocycles. The molecule has 9 heteroatoms. The van der Waals surface area contributed by atoms with E-state index in [1.807, 2.05) is 30.3 Å². The first kappa shape index (κ1) is 18.2. The number of carbonyl (C=O) groups is 1. The summed E-state index contributed by atoms with van der Waals surface area (Å²) >= 11 is 0. The van der Waals surface area contributed by atoms with Gasteiger partial charge in [0.2, 0.25) is 0 Å². The summed E-state index contributed by atoms with van der Waals surface area (Å²) in [7, 11) is 0. The number of hydrogen-bond acceptors (Lipinski definition) is 6. The predicted molar refractivity (Wildman–Crippen MR) is 101 cm³/mol. The Morgan fingerprint density at radius 3 is 2.96 bits per heavy atom. The van der Waals surface area contributed by atoms with Crippen molar-refractivity contribution >= 4 is 11.8 Å². The fraction of sp³-hybridized carbons (Fsp3) is 0.368. The lowest BCUT2D eigenvalue weighted by molar-refractivity contribution is 0.0835. The second kappa shape index (κ2) is 8.66. The number of urea groups is 1. The van der Waals surface area contributed by atoms with Crippen LogP contribution in [-0.4, -0.2) is 39.1 Å². The van der Waals surface area contributed by atoms with Gasteiger partial charge in [-0.15, -0.1) is 0 Å². The fourth-order valence-corrected chi connectivity index (χ4v) is 3.04. The normalized spacial score (nSPS) is 16.2. The van der Waals surface area contributed by atoms with E-state index in [0.29, 0.717) is 37.0 Å². The largest absolute Gasteiger partial charge is 0.368 e. The third-order valence-corrected chi connectivity index (χ3v) is 4.46. The standard InChI is InChI=1S/C19H22N6O3/c26-19(20-10-8-16-22-18(28-24-16)15-7-4-12-27-15)23-17-9-11-21-25(17)13-14-5-2-1-3-6-14/h1-3,5-6,9,11,15H,4,7-8,10,12-13H2,(H2,20,23,26)/t15-/m1/s1. The summed E-state index contributed by atoms with van der Waals surface area (Å²) in [5.41, 5.74) is 1.11. The Balaban J connectivity index is 1.24. The molecule has 3 aromatic rings. The van der Waals surface area contributed by atoms with E-state index in [1.54, 1.807) is 16.9 Å². The van der Waals surface area contributed by atoms with Gasteiger partial charge in [-0.2, -0.15) is 10.1 Å². The zero-order valence-corrected chi connectivity index (χ0v) is 15.4. The minimum absolute atomic E-state index is 0.0950. The van der Waals surface area contributed by atoms with Gasteiger partial charge < -0.3 is 14.6 Å². The van der Waals surface area contributed by atoms with Crippen LogP contribution in [0.3, 0.4) is 0 Å². The van der Waals surface area contributed by atoms with Crippen molar-refractivity contribution < 1.29 is 14.1 Å². The molecule has 4 rings (SSSR count). The Morgan fingerprint density at radius 2 is 2.14 bits per heavy atom. The molecule has 0 unspecified atom stereocenters. The summed E-state index contributed by atoms with van der Waals surface area (Å²) in [6, 6.07) is 11.4. The van der Waals surface area contributed by atoms with Crippen molar-refractivity contribution in [3.63, 3.8) is 0 Å². The molecule has 2 N–H and O–H groups in total. The Labute approximate surface area is 162 Å². The summed E-state index contributed by atoms with van der Waals surface area (Å²) in [6.07, 6.45) is 3.95. The maximum Gasteiger partial charge on any atom is 0.320 e. The summed E-state index contributed by atoms with van der Waals surface area (Å²) in [5.74, 6) is 1.70. The molecule has 9 nitrogen and oxygen atoms in total. The van der Waals surface area contributed by atoms with Gasteiger partial charge in [0.25, 0.3) is 5.89 Å². The molecule has 1 aliphatic rings. The van der Waals surface area contributed by atoms with Gasteiger partial charge in [0.1, 0.15) is 11.9 Å². The molecule has 28 heavy (non-hydrogen) atoms. The Morgan fingerprint density at radius 1 is 1.25 bits per heavy atom. The number of anilines is 1. The van der Waals surface area contributed by atoms with E-state index in [4.69, 9.17) is 9.26 Å². The summed E-state index contributed by atoms with van der Waals surface area (Å²) in [6.45, 7) is 1.70. The van der Waals surface area contributed by atoms with Crippen molar-refractivity contribution in [2.75, 3.05) is 18.5 Å². The van der Waals surface area contributed by atoms with Gasteiger partial charge in [0.05, 0.1) is 12.7 Å². The number of nitrogens with one attached hydrogen (secondary N) is 2. The second-order valence-electron chi connectivity index (χ2n) is 6.54. The van der Waals surface area contributed by atoms with Crippen molar-refractivity contribution in [1.29, 1.82) is 0 Å². The lowest BCUT2D eigenvalue weighted by Gasteiger charge is -2.10. The van der Waals surface area contributed by atoms with Gasteiger partial charge >= 0.3 is 6.03 Å². The van der Waals surface area contributed by atoms with Crippen LogP contribution in [0.15, 0.2) is 47.1 Å². The van der Waals surface area contributed by atoms with Crippen molar-refractivity contribution in [1.82, 2.24) is 25.2 Å². The first-order chi connectivity index (χ1) is 13.8. The average molecular weight is 382 g/mol. The van der Waals surface area contributed by atoms with E-state index in [-0.39, 0.29) is 12.1 Å². The van der Waals surface area contributed by atoms with Crippen LogP contribution in [0.25, 0.3) is 0 Å². The molecule has 3 heterocycles. The molecule has 0 aliphatic carbocycles. The number of aromatic nitrogens is 4.